The van der Waals surface area contributed by atoms with E-state index in [1.807, 2.05) is 20.8 Å². The van der Waals surface area contributed by atoms with Gasteiger partial charge in [-0.25, -0.2) is 4.79 Å². The van der Waals surface area contributed by atoms with E-state index in [-0.39, 0.29) is 17.4 Å². The first-order valence-corrected chi connectivity index (χ1v) is 7.39. The highest BCUT2D eigenvalue weighted by Crippen LogP contribution is 2.19. The van der Waals surface area contributed by atoms with Crippen molar-refractivity contribution in [3.63, 3.8) is 0 Å². The lowest BCUT2D eigenvalue weighted by molar-refractivity contribution is -0.147. The molecule has 0 saturated heterocycles. The second-order valence-electron chi connectivity index (χ2n) is 5.62. The van der Waals surface area contributed by atoms with Crippen molar-refractivity contribution in [1.82, 2.24) is 4.57 Å². The number of aromatic nitrogens is 1. The molecule has 4 heteroatoms. The van der Waals surface area contributed by atoms with Crippen LogP contribution in [0.1, 0.15) is 44.4 Å². The molecular formula is C17H25NO3. The molecule has 0 aliphatic heterocycles. The first-order chi connectivity index (χ1) is 9.90. The zero-order chi connectivity index (χ0) is 16.0. The third-order valence-corrected chi connectivity index (χ3v) is 3.35. The molecule has 0 spiro atoms. The number of allylic oxidation sites excluding steroid dienone is 1. The summed E-state index contributed by atoms with van der Waals surface area (Å²) >= 11 is 0. The van der Waals surface area contributed by atoms with Crippen molar-refractivity contribution < 1.29 is 9.53 Å². The van der Waals surface area contributed by atoms with Crippen molar-refractivity contribution in [3.8, 4) is 0 Å². The fourth-order valence-corrected chi connectivity index (χ4v) is 2.31. The van der Waals surface area contributed by atoms with E-state index < -0.39 is 6.04 Å². The van der Waals surface area contributed by atoms with Crippen molar-refractivity contribution in [2.45, 2.75) is 46.6 Å². The fourth-order valence-electron chi connectivity index (χ4n) is 2.31. The second-order valence-corrected chi connectivity index (χ2v) is 5.62. The molecule has 0 aliphatic carbocycles. The highest BCUT2D eigenvalue weighted by atomic mass is 16.5. The number of carbonyl (C=O) groups excluding carboxylic acids is 1. The molecule has 4 nitrogen and oxygen atoms in total. The highest BCUT2D eigenvalue weighted by molar-refractivity contribution is 5.74. The van der Waals surface area contributed by atoms with Gasteiger partial charge in [-0.05, 0) is 43.7 Å². The molecule has 0 radical (unpaired) electrons. The maximum atomic E-state index is 12.3. The van der Waals surface area contributed by atoms with Crippen molar-refractivity contribution >= 4 is 5.97 Å². The number of hydrogen-bond donors (Lipinski definition) is 0. The van der Waals surface area contributed by atoms with Crippen molar-refractivity contribution in [1.29, 1.82) is 0 Å². The van der Waals surface area contributed by atoms with Crippen LogP contribution in [-0.4, -0.2) is 17.1 Å². The summed E-state index contributed by atoms with van der Waals surface area (Å²) in [6.07, 6.45) is 4.81. The van der Waals surface area contributed by atoms with Gasteiger partial charge in [0.05, 0.1) is 6.61 Å². The van der Waals surface area contributed by atoms with Crippen LogP contribution in [0.3, 0.4) is 0 Å². The number of esters is 1. The SMILES string of the molecule is C=CCc1cn(C(CC(C)C)C(=O)OCC)c(=O)cc1C. The van der Waals surface area contributed by atoms with Crippen LogP contribution >= 0.6 is 0 Å². The topological polar surface area (TPSA) is 48.3 Å². The Morgan fingerprint density at radius 1 is 1.48 bits per heavy atom. The maximum absolute atomic E-state index is 12.3. The van der Waals surface area contributed by atoms with Crippen molar-refractivity contribution in [2.75, 3.05) is 6.61 Å². The molecule has 1 aromatic rings. The normalized spacial score (nSPS) is 12.2. The van der Waals surface area contributed by atoms with E-state index in [1.54, 1.807) is 25.3 Å². The van der Waals surface area contributed by atoms with Gasteiger partial charge in [0.1, 0.15) is 6.04 Å². The summed E-state index contributed by atoms with van der Waals surface area (Å²) in [6, 6.07) is 1.01. The third-order valence-electron chi connectivity index (χ3n) is 3.35. The van der Waals surface area contributed by atoms with Crippen LogP contribution in [-0.2, 0) is 16.0 Å². The molecule has 1 unspecified atom stereocenters. The lowest BCUT2D eigenvalue weighted by atomic mass is 10.0. The highest BCUT2D eigenvalue weighted by Gasteiger charge is 2.24. The Balaban J connectivity index is 3.28. The van der Waals surface area contributed by atoms with E-state index in [1.165, 1.54) is 4.57 Å². The Morgan fingerprint density at radius 2 is 2.14 bits per heavy atom. The number of aryl methyl sites for hydroxylation is 1. The Labute approximate surface area is 126 Å². The minimum absolute atomic E-state index is 0.168. The molecule has 1 heterocycles. The first-order valence-electron chi connectivity index (χ1n) is 7.39. The first kappa shape index (κ1) is 17.2. The molecule has 116 valence electrons. The van der Waals surface area contributed by atoms with E-state index in [4.69, 9.17) is 4.74 Å². The van der Waals surface area contributed by atoms with Crippen LogP contribution < -0.4 is 5.56 Å². The summed E-state index contributed by atoms with van der Waals surface area (Å²) in [6.45, 7) is 11.8. The number of nitrogens with zero attached hydrogens (tertiary/aromatic N) is 1. The molecule has 21 heavy (non-hydrogen) atoms. The van der Waals surface area contributed by atoms with Gasteiger partial charge in [0, 0.05) is 12.3 Å². The Kier molecular flexibility index (Phi) is 6.40. The van der Waals surface area contributed by atoms with Crippen LogP contribution in [0.5, 0.6) is 0 Å². The van der Waals surface area contributed by atoms with Crippen LogP contribution in [0.4, 0.5) is 0 Å². The van der Waals surface area contributed by atoms with Crippen LogP contribution in [0, 0.1) is 12.8 Å². The largest absolute Gasteiger partial charge is 0.464 e. The van der Waals surface area contributed by atoms with Crippen LogP contribution in [0.2, 0.25) is 0 Å². The summed E-state index contributed by atoms with van der Waals surface area (Å²) < 4.78 is 6.63. The van der Waals surface area contributed by atoms with E-state index in [0.29, 0.717) is 19.4 Å². The number of ether oxygens (including phenoxy) is 1. The fraction of sp³-hybridized carbons (Fsp3) is 0.529. The predicted molar refractivity (Wildman–Crippen MR) is 84.5 cm³/mol. The number of carbonyl (C=O) groups is 1. The second kappa shape index (κ2) is 7.81. The van der Waals surface area contributed by atoms with Gasteiger partial charge < -0.3 is 9.30 Å². The Bertz CT molecular complexity index is 558. The van der Waals surface area contributed by atoms with Gasteiger partial charge in [0.15, 0.2) is 0 Å². The predicted octanol–water partition coefficient (Wildman–Crippen LogP) is 3.04. The third kappa shape index (κ3) is 4.59. The van der Waals surface area contributed by atoms with Crippen molar-refractivity contribution in [3.05, 3.63) is 46.4 Å². The van der Waals surface area contributed by atoms with Crippen LogP contribution in [0.15, 0.2) is 29.7 Å². The smallest absolute Gasteiger partial charge is 0.329 e. The van der Waals surface area contributed by atoms with E-state index in [0.717, 1.165) is 11.1 Å². The van der Waals surface area contributed by atoms with Gasteiger partial charge >= 0.3 is 5.97 Å². The molecule has 0 aliphatic rings. The summed E-state index contributed by atoms with van der Waals surface area (Å²) in [5.74, 6) is -0.0582. The van der Waals surface area contributed by atoms with E-state index in [9.17, 15) is 9.59 Å². The molecule has 0 fully saturated rings. The van der Waals surface area contributed by atoms with Gasteiger partial charge in [-0.1, -0.05) is 19.9 Å². The number of rotatable bonds is 7. The molecule has 0 saturated carbocycles. The van der Waals surface area contributed by atoms with Gasteiger partial charge in [-0.2, -0.15) is 0 Å². The summed E-state index contributed by atoms with van der Waals surface area (Å²) in [4.78, 5) is 24.4. The number of hydrogen-bond acceptors (Lipinski definition) is 3. The Hall–Kier alpha value is -1.84. The van der Waals surface area contributed by atoms with Crippen molar-refractivity contribution in [2.24, 2.45) is 5.92 Å². The molecule has 0 amide bonds. The Morgan fingerprint density at radius 3 is 2.67 bits per heavy atom. The standard InChI is InChI=1S/C17H25NO3/c1-6-8-14-11-18(16(19)10-13(14)5)15(9-12(3)4)17(20)21-7-2/h6,10-12,15H,1,7-9H2,2-5H3. The molecule has 0 N–H and O–H groups in total. The number of pyridine rings is 1. The summed E-state index contributed by atoms with van der Waals surface area (Å²) in [5, 5.41) is 0. The minimum Gasteiger partial charge on any atom is -0.464 e. The van der Waals surface area contributed by atoms with Gasteiger partial charge in [0.25, 0.3) is 5.56 Å². The zero-order valence-electron chi connectivity index (χ0n) is 13.4. The van der Waals surface area contributed by atoms with Gasteiger partial charge in [-0.3, -0.25) is 4.79 Å². The monoisotopic (exact) mass is 291 g/mol. The van der Waals surface area contributed by atoms with Gasteiger partial charge in [-0.15, -0.1) is 6.58 Å². The van der Waals surface area contributed by atoms with Crippen LogP contribution in [0.25, 0.3) is 0 Å². The van der Waals surface area contributed by atoms with E-state index >= 15 is 0 Å². The summed E-state index contributed by atoms with van der Waals surface area (Å²) in [5.41, 5.74) is 1.75. The lowest BCUT2D eigenvalue weighted by Gasteiger charge is -2.21. The molecule has 1 rings (SSSR count). The molecule has 0 bridgehead atoms. The van der Waals surface area contributed by atoms with E-state index in [2.05, 4.69) is 6.58 Å². The molecule has 1 aromatic heterocycles. The average Bonchev–Trinajstić information content (AvgIpc) is 2.39. The summed E-state index contributed by atoms with van der Waals surface area (Å²) in [7, 11) is 0. The van der Waals surface area contributed by atoms with Gasteiger partial charge in [0.2, 0.25) is 0 Å². The average molecular weight is 291 g/mol. The quantitative estimate of drug-likeness (QED) is 0.573. The minimum atomic E-state index is -0.568. The molecule has 0 aromatic carbocycles. The molecule has 1 atom stereocenters. The zero-order valence-corrected chi connectivity index (χ0v) is 13.4. The maximum Gasteiger partial charge on any atom is 0.329 e. The lowest BCUT2D eigenvalue weighted by Crippen LogP contribution is -2.32. The molecular weight excluding hydrogens is 266 g/mol.